The smallest absolute Gasteiger partial charge is 0.234 e. The van der Waals surface area contributed by atoms with Crippen molar-refractivity contribution in [2.24, 2.45) is 0 Å². The molecule has 1 aliphatic rings. The number of rotatable bonds is 5. The monoisotopic (exact) mass is 323 g/mol. The van der Waals surface area contributed by atoms with E-state index in [1.165, 1.54) is 5.69 Å². The van der Waals surface area contributed by atoms with Crippen molar-refractivity contribution in [2.45, 2.75) is 13.0 Å². The molecule has 0 spiro atoms. The highest BCUT2D eigenvalue weighted by molar-refractivity contribution is 5.78. The van der Waals surface area contributed by atoms with Gasteiger partial charge in [-0.2, -0.15) is 0 Å². The van der Waals surface area contributed by atoms with E-state index in [1.54, 1.807) is 0 Å². The molecule has 0 saturated carbocycles. The topological polar surface area (TPSA) is 35.6 Å². The van der Waals surface area contributed by atoms with E-state index in [0.717, 1.165) is 31.7 Å². The van der Waals surface area contributed by atoms with Gasteiger partial charge in [0.25, 0.3) is 0 Å². The van der Waals surface area contributed by atoms with E-state index < -0.39 is 0 Å². The van der Waals surface area contributed by atoms with Gasteiger partial charge in [-0.05, 0) is 24.6 Å². The van der Waals surface area contributed by atoms with Crippen LogP contribution in [0.4, 0.5) is 5.69 Å². The molecule has 3 rings (SSSR count). The largest absolute Gasteiger partial charge is 0.369 e. The number of anilines is 1. The van der Waals surface area contributed by atoms with Crippen LogP contribution in [0.3, 0.4) is 0 Å². The van der Waals surface area contributed by atoms with Crippen LogP contribution in [0.1, 0.15) is 18.5 Å². The number of nitrogens with one attached hydrogen (secondary N) is 1. The fourth-order valence-corrected chi connectivity index (χ4v) is 3.12. The van der Waals surface area contributed by atoms with Gasteiger partial charge in [-0.25, -0.2) is 0 Å². The molecule has 0 aliphatic carbocycles. The lowest BCUT2D eigenvalue weighted by atomic mass is 10.1. The molecule has 0 radical (unpaired) electrons. The van der Waals surface area contributed by atoms with E-state index in [0.29, 0.717) is 6.54 Å². The Kier molecular flexibility index (Phi) is 5.49. The molecule has 1 N–H and O–H groups in total. The van der Waals surface area contributed by atoms with Gasteiger partial charge in [0.05, 0.1) is 12.6 Å². The number of carbonyl (C=O) groups excluding carboxylic acids is 1. The van der Waals surface area contributed by atoms with Crippen molar-refractivity contribution in [3.63, 3.8) is 0 Å². The van der Waals surface area contributed by atoms with Crippen LogP contribution in [0.25, 0.3) is 0 Å². The zero-order chi connectivity index (χ0) is 16.8. The molecular weight excluding hydrogens is 298 g/mol. The summed E-state index contributed by atoms with van der Waals surface area (Å²) in [6.07, 6.45) is 0. The number of amides is 1. The summed E-state index contributed by atoms with van der Waals surface area (Å²) in [5.74, 6) is 0.0968. The van der Waals surface area contributed by atoms with Gasteiger partial charge in [0.2, 0.25) is 5.91 Å². The van der Waals surface area contributed by atoms with E-state index in [4.69, 9.17) is 0 Å². The third-order valence-electron chi connectivity index (χ3n) is 4.54. The second-order valence-corrected chi connectivity index (χ2v) is 6.30. The number of para-hydroxylation sites is 1. The quantitative estimate of drug-likeness (QED) is 0.919. The van der Waals surface area contributed by atoms with E-state index in [9.17, 15) is 4.79 Å². The third-order valence-corrected chi connectivity index (χ3v) is 4.54. The van der Waals surface area contributed by atoms with Crippen LogP contribution in [0, 0.1) is 0 Å². The molecule has 24 heavy (non-hydrogen) atoms. The molecule has 1 fully saturated rings. The van der Waals surface area contributed by atoms with Crippen LogP contribution in [-0.2, 0) is 4.79 Å². The molecule has 2 aromatic carbocycles. The first-order valence-corrected chi connectivity index (χ1v) is 8.59. The van der Waals surface area contributed by atoms with Crippen molar-refractivity contribution in [3.8, 4) is 0 Å². The summed E-state index contributed by atoms with van der Waals surface area (Å²) in [5.41, 5.74) is 2.40. The minimum absolute atomic E-state index is 0.0457. The van der Waals surface area contributed by atoms with Gasteiger partial charge in [0, 0.05) is 31.9 Å². The molecule has 1 aliphatic heterocycles. The van der Waals surface area contributed by atoms with Crippen LogP contribution in [0.5, 0.6) is 0 Å². The Morgan fingerprint density at radius 1 is 0.958 bits per heavy atom. The number of piperazine rings is 1. The van der Waals surface area contributed by atoms with Gasteiger partial charge >= 0.3 is 0 Å². The zero-order valence-corrected chi connectivity index (χ0v) is 14.2. The molecule has 2 aromatic rings. The first-order valence-electron chi connectivity index (χ1n) is 8.59. The van der Waals surface area contributed by atoms with Crippen molar-refractivity contribution >= 4 is 11.6 Å². The molecule has 1 heterocycles. The molecule has 1 amide bonds. The number of hydrogen-bond donors (Lipinski definition) is 1. The van der Waals surface area contributed by atoms with Gasteiger partial charge in [0.15, 0.2) is 0 Å². The average Bonchev–Trinajstić information content (AvgIpc) is 2.64. The summed E-state index contributed by atoms with van der Waals surface area (Å²) in [5, 5.41) is 3.09. The maximum Gasteiger partial charge on any atom is 0.234 e. The minimum atomic E-state index is 0.0457. The highest BCUT2D eigenvalue weighted by Gasteiger charge is 2.19. The zero-order valence-electron chi connectivity index (χ0n) is 14.2. The molecule has 126 valence electrons. The third kappa shape index (κ3) is 4.36. The van der Waals surface area contributed by atoms with E-state index in [2.05, 4.69) is 39.4 Å². The van der Waals surface area contributed by atoms with Gasteiger partial charge in [-0.15, -0.1) is 0 Å². The lowest BCUT2D eigenvalue weighted by Gasteiger charge is -2.35. The summed E-state index contributed by atoms with van der Waals surface area (Å²) >= 11 is 0. The summed E-state index contributed by atoms with van der Waals surface area (Å²) < 4.78 is 0. The van der Waals surface area contributed by atoms with Crippen molar-refractivity contribution in [2.75, 3.05) is 37.6 Å². The maximum atomic E-state index is 12.3. The van der Waals surface area contributed by atoms with Crippen molar-refractivity contribution in [1.29, 1.82) is 0 Å². The molecule has 0 aromatic heterocycles. The van der Waals surface area contributed by atoms with Crippen LogP contribution in [0.15, 0.2) is 60.7 Å². The lowest BCUT2D eigenvalue weighted by Crippen LogP contribution is -2.49. The number of nitrogens with zero attached hydrogens (tertiary/aromatic N) is 2. The van der Waals surface area contributed by atoms with Crippen molar-refractivity contribution in [3.05, 3.63) is 66.2 Å². The Bertz CT molecular complexity index is 636. The summed E-state index contributed by atoms with van der Waals surface area (Å²) in [6.45, 7) is 6.27. The first-order chi connectivity index (χ1) is 11.7. The SMILES string of the molecule is C[C@@H](NC(=O)CN1CCN(c2ccccc2)CC1)c1ccccc1. The van der Waals surface area contributed by atoms with Gasteiger partial charge in [-0.3, -0.25) is 9.69 Å². The second kappa shape index (κ2) is 7.97. The lowest BCUT2D eigenvalue weighted by molar-refractivity contribution is -0.123. The number of carbonyl (C=O) groups is 1. The molecule has 0 bridgehead atoms. The van der Waals surface area contributed by atoms with E-state index >= 15 is 0 Å². The normalized spacial score (nSPS) is 16.6. The summed E-state index contributed by atoms with van der Waals surface area (Å²) in [7, 11) is 0. The Morgan fingerprint density at radius 2 is 1.54 bits per heavy atom. The van der Waals surface area contributed by atoms with Crippen molar-refractivity contribution in [1.82, 2.24) is 10.2 Å². The van der Waals surface area contributed by atoms with Gasteiger partial charge in [-0.1, -0.05) is 48.5 Å². The fraction of sp³-hybridized carbons (Fsp3) is 0.350. The number of benzene rings is 2. The van der Waals surface area contributed by atoms with Gasteiger partial charge < -0.3 is 10.2 Å². The van der Waals surface area contributed by atoms with E-state index in [1.807, 2.05) is 43.3 Å². The Balaban J connectivity index is 1.45. The second-order valence-electron chi connectivity index (χ2n) is 6.30. The number of hydrogen-bond acceptors (Lipinski definition) is 3. The fourth-order valence-electron chi connectivity index (χ4n) is 3.12. The van der Waals surface area contributed by atoms with E-state index in [-0.39, 0.29) is 11.9 Å². The van der Waals surface area contributed by atoms with Crippen LogP contribution >= 0.6 is 0 Å². The molecule has 1 saturated heterocycles. The average molecular weight is 323 g/mol. The Labute approximate surface area is 144 Å². The minimum Gasteiger partial charge on any atom is -0.369 e. The summed E-state index contributed by atoms with van der Waals surface area (Å²) in [4.78, 5) is 16.9. The predicted octanol–water partition coefficient (Wildman–Crippen LogP) is 2.69. The standard InChI is InChI=1S/C20H25N3O/c1-17(18-8-4-2-5-9-18)21-20(24)16-22-12-14-23(15-13-22)19-10-6-3-7-11-19/h2-11,17H,12-16H2,1H3,(H,21,24)/t17-/m1/s1. The van der Waals surface area contributed by atoms with Crippen LogP contribution < -0.4 is 10.2 Å². The first kappa shape index (κ1) is 16.5. The maximum absolute atomic E-state index is 12.3. The summed E-state index contributed by atoms with van der Waals surface area (Å²) in [6, 6.07) is 20.6. The van der Waals surface area contributed by atoms with Gasteiger partial charge in [0.1, 0.15) is 0 Å². The Morgan fingerprint density at radius 3 is 2.17 bits per heavy atom. The van der Waals surface area contributed by atoms with Crippen LogP contribution in [0.2, 0.25) is 0 Å². The predicted molar refractivity (Wildman–Crippen MR) is 98.1 cm³/mol. The highest BCUT2D eigenvalue weighted by atomic mass is 16.2. The molecule has 1 atom stereocenters. The highest BCUT2D eigenvalue weighted by Crippen LogP contribution is 2.15. The molecule has 0 unspecified atom stereocenters. The van der Waals surface area contributed by atoms with Crippen molar-refractivity contribution < 1.29 is 4.79 Å². The van der Waals surface area contributed by atoms with Crippen LogP contribution in [-0.4, -0.2) is 43.5 Å². The molecule has 4 heteroatoms. The molecule has 4 nitrogen and oxygen atoms in total. The Hall–Kier alpha value is -2.33. The molecular formula is C20H25N3O.